The van der Waals surface area contributed by atoms with Crippen LogP contribution in [0.2, 0.25) is 5.15 Å². The Morgan fingerprint density at radius 3 is 2.62 bits per heavy atom. The zero-order chi connectivity index (χ0) is 11.5. The van der Waals surface area contributed by atoms with Crippen molar-refractivity contribution >= 4 is 34.7 Å². The van der Waals surface area contributed by atoms with Crippen LogP contribution in [0.3, 0.4) is 0 Å². The number of nitrogens with zero attached hydrogens (tertiary/aromatic N) is 1. The summed E-state index contributed by atoms with van der Waals surface area (Å²) in [5, 5.41) is 9.29. The highest BCUT2D eigenvalue weighted by Gasteiger charge is 2.09. The molecule has 1 aromatic heterocycles. The van der Waals surface area contributed by atoms with Gasteiger partial charge in [0.05, 0.1) is 11.5 Å². The summed E-state index contributed by atoms with van der Waals surface area (Å²) < 4.78 is 13.4. The Balaban J connectivity index is 2.17. The normalized spacial score (nSPS) is 10.7. The van der Waals surface area contributed by atoms with E-state index in [1.807, 2.05) is 0 Å². The van der Waals surface area contributed by atoms with Gasteiger partial charge in [0, 0.05) is 4.90 Å². The van der Waals surface area contributed by atoms with Crippen LogP contribution < -0.4 is 0 Å². The molecule has 0 aliphatic heterocycles. The number of hydrogen-bond acceptors (Lipinski definition) is 4. The summed E-state index contributed by atoms with van der Waals surface area (Å²) in [7, 11) is 0. The fourth-order valence-electron chi connectivity index (χ4n) is 1.06. The Hall–Kier alpha value is -0.620. The van der Waals surface area contributed by atoms with E-state index in [2.05, 4.69) is 4.98 Å². The lowest BCUT2D eigenvalue weighted by molar-refractivity contribution is 0.285. The third-order valence-electron chi connectivity index (χ3n) is 1.79. The van der Waals surface area contributed by atoms with Gasteiger partial charge in [-0.1, -0.05) is 23.4 Å². The molecule has 0 aliphatic carbocycles. The van der Waals surface area contributed by atoms with Crippen molar-refractivity contribution in [3.63, 3.8) is 0 Å². The van der Waals surface area contributed by atoms with Gasteiger partial charge in [0.15, 0.2) is 4.34 Å². The maximum absolute atomic E-state index is 12.7. The SMILES string of the molecule is OCc1sc(Sc2ccc(F)cc2)nc1Cl. The molecule has 84 valence electrons. The van der Waals surface area contributed by atoms with Crippen LogP contribution in [0, 0.1) is 5.82 Å². The number of aliphatic hydroxyl groups is 1. The first-order valence-electron chi connectivity index (χ1n) is 4.38. The van der Waals surface area contributed by atoms with Crippen LogP contribution in [0.1, 0.15) is 4.88 Å². The fourth-order valence-corrected chi connectivity index (χ4v) is 3.33. The van der Waals surface area contributed by atoms with E-state index >= 15 is 0 Å². The molecule has 0 spiro atoms. The van der Waals surface area contributed by atoms with Crippen molar-refractivity contribution in [2.24, 2.45) is 0 Å². The Kier molecular flexibility index (Phi) is 3.81. The largest absolute Gasteiger partial charge is 0.391 e. The molecule has 2 rings (SSSR count). The molecule has 1 aromatic carbocycles. The van der Waals surface area contributed by atoms with Gasteiger partial charge in [0.1, 0.15) is 11.0 Å². The molecule has 0 saturated carbocycles. The van der Waals surface area contributed by atoms with Crippen molar-refractivity contribution in [1.29, 1.82) is 0 Å². The number of hydrogen-bond donors (Lipinski definition) is 1. The van der Waals surface area contributed by atoms with Crippen LogP contribution in [0.5, 0.6) is 0 Å². The van der Waals surface area contributed by atoms with E-state index in [0.29, 0.717) is 10.0 Å². The van der Waals surface area contributed by atoms with Gasteiger partial charge in [0.2, 0.25) is 0 Å². The van der Waals surface area contributed by atoms with Gasteiger partial charge in [-0.2, -0.15) is 0 Å². The van der Waals surface area contributed by atoms with Gasteiger partial charge < -0.3 is 5.11 Å². The molecule has 2 nitrogen and oxygen atoms in total. The van der Waals surface area contributed by atoms with Gasteiger partial charge in [-0.25, -0.2) is 9.37 Å². The second-order valence-electron chi connectivity index (χ2n) is 2.91. The monoisotopic (exact) mass is 275 g/mol. The molecule has 0 fully saturated rings. The second-order valence-corrected chi connectivity index (χ2v) is 5.67. The van der Waals surface area contributed by atoms with Crippen LogP contribution >= 0.6 is 34.7 Å². The molecular formula is C10H7ClFNOS2. The Morgan fingerprint density at radius 1 is 1.38 bits per heavy atom. The fraction of sp³-hybridized carbons (Fsp3) is 0.100. The molecule has 2 aromatic rings. The molecule has 0 saturated heterocycles. The molecule has 1 heterocycles. The first kappa shape index (κ1) is 11.9. The van der Waals surface area contributed by atoms with Crippen molar-refractivity contribution in [3.8, 4) is 0 Å². The van der Waals surface area contributed by atoms with Crippen LogP contribution in [0.15, 0.2) is 33.5 Å². The number of aromatic nitrogens is 1. The minimum Gasteiger partial charge on any atom is -0.391 e. The van der Waals surface area contributed by atoms with Crippen LogP contribution in [-0.4, -0.2) is 10.1 Å². The second kappa shape index (κ2) is 5.14. The van der Waals surface area contributed by atoms with E-state index in [1.165, 1.54) is 35.2 Å². The number of benzene rings is 1. The Morgan fingerprint density at radius 2 is 2.06 bits per heavy atom. The summed E-state index contributed by atoms with van der Waals surface area (Å²) in [5.74, 6) is -0.266. The van der Waals surface area contributed by atoms with E-state index < -0.39 is 0 Å². The topological polar surface area (TPSA) is 33.1 Å². The van der Waals surface area contributed by atoms with E-state index in [0.717, 1.165) is 9.24 Å². The molecule has 0 bridgehead atoms. The molecule has 0 unspecified atom stereocenters. The highest BCUT2D eigenvalue weighted by molar-refractivity contribution is 8.01. The molecular weight excluding hydrogens is 269 g/mol. The number of halogens is 2. The van der Waals surface area contributed by atoms with Gasteiger partial charge in [-0.05, 0) is 24.3 Å². The summed E-state index contributed by atoms with van der Waals surface area (Å²) in [6.07, 6.45) is 0. The molecule has 6 heteroatoms. The molecule has 1 N–H and O–H groups in total. The van der Waals surface area contributed by atoms with Gasteiger partial charge in [-0.15, -0.1) is 11.3 Å². The van der Waals surface area contributed by atoms with Gasteiger partial charge in [-0.3, -0.25) is 0 Å². The van der Waals surface area contributed by atoms with E-state index in [9.17, 15) is 4.39 Å². The smallest absolute Gasteiger partial charge is 0.156 e. The van der Waals surface area contributed by atoms with Crippen LogP contribution in [0.4, 0.5) is 4.39 Å². The Labute approximate surface area is 105 Å². The predicted octanol–water partition coefficient (Wildman–Crippen LogP) is 3.58. The molecule has 0 aliphatic rings. The van der Waals surface area contributed by atoms with E-state index in [-0.39, 0.29) is 12.4 Å². The van der Waals surface area contributed by atoms with Crippen LogP contribution in [-0.2, 0) is 6.61 Å². The van der Waals surface area contributed by atoms with Crippen molar-refractivity contribution in [1.82, 2.24) is 4.98 Å². The highest BCUT2D eigenvalue weighted by atomic mass is 35.5. The molecule has 0 amide bonds. The average molecular weight is 276 g/mol. The Bertz CT molecular complexity index is 486. The third kappa shape index (κ3) is 2.74. The lowest BCUT2D eigenvalue weighted by Crippen LogP contribution is -1.75. The number of aliphatic hydroxyl groups excluding tert-OH is 1. The summed E-state index contributed by atoms with van der Waals surface area (Å²) in [5.41, 5.74) is 0. The van der Waals surface area contributed by atoms with Crippen molar-refractivity contribution in [2.75, 3.05) is 0 Å². The van der Waals surface area contributed by atoms with Gasteiger partial charge in [0.25, 0.3) is 0 Å². The summed E-state index contributed by atoms with van der Waals surface area (Å²) >= 11 is 8.53. The van der Waals surface area contributed by atoms with Crippen LogP contribution in [0.25, 0.3) is 0 Å². The number of thiazole rings is 1. The first-order valence-corrected chi connectivity index (χ1v) is 6.39. The quantitative estimate of drug-likeness (QED) is 0.929. The van der Waals surface area contributed by atoms with Crippen molar-refractivity contribution in [3.05, 3.63) is 40.1 Å². The maximum atomic E-state index is 12.7. The van der Waals surface area contributed by atoms with Crippen molar-refractivity contribution < 1.29 is 9.50 Å². The minimum absolute atomic E-state index is 0.111. The number of rotatable bonds is 3. The van der Waals surface area contributed by atoms with Gasteiger partial charge >= 0.3 is 0 Å². The zero-order valence-electron chi connectivity index (χ0n) is 7.98. The third-order valence-corrected chi connectivity index (χ3v) is 4.33. The zero-order valence-corrected chi connectivity index (χ0v) is 10.4. The molecule has 0 radical (unpaired) electrons. The van der Waals surface area contributed by atoms with E-state index in [1.54, 1.807) is 12.1 Å². The average Bonchev–Trinajstić information content (AvgIpc) is 2.62. The molecule has 0 atom stereocenters. The predicted molar refractivity (Wildman–Crippen MR) is 63.6 cm³/mol. The first-order chi connectivity index (χ1) is 7.69. The summed E-state index contributed by atoms with van der Waals surface area (Å²) in [6.45, 7) is -0.111. The lowest BCUT2D eigenvalue weighted by atomic mass is 10.4. The standard InChI is InChI=1S/C10H7ClFNOS2/c11-9-8(5-14)16-10(13-9)15-7-3-1-6(12)2-4-7/h1-4,14H,5H2. The summed E-state index contributed by atoms with van der Waals surface area (Å²) in [6, 6.07) is 6.14. The highest BCUT2D eigenvalue weighted by Crippen LogP contribution is 2.34. The lowest BCUT2D eigenvalue weighted by Gasteiger charge is -1.96. The summed E-state index contributed by atoms with van der Waals surface area (Å²) in [4.78, 5) is 5.62. The molecule has 16 heavy (non-hydrogen) atoms. The van der Waals surface area contributed by atoms with Crippen molar-refractivity contribution in [2.45, 2.75) is 15.8 Å². The minimum atomic E-state index is -0.266. The van der Waals surface area contributed by atoms with E-state index in [4.69, 9.17) is 16.7 Å². The maximum Gasteiger partial charge on any atom is 0.156 e.